The van der Waals surface area contributed by atoms with Crippen molar-refractivity contribution in [3.8, 4) is 0 Å². The SMILES string of the molecule is O=C(Cc1ccc2c(c1)CCC2)Nc1ccc(Cn2ccccc2=O)cc1. The Morgan fingerprint density at radius 2 is 1.70 bits per heavy atom. The van der Waals surface area contributed by atoms with Crippen LogP contribution >= 0.6 is 0 Å². The third-order valence-electron chi connectivity index (χ3n) is 5.02. The molecule has 3 aromatic rings. The van der Waals surface area contributed by atoms with E-state index in [1.807, 2.05) is 30.3 Å². The van der Waals surface area contributed by atoms with Crippen molar-refractivity contribution in [2.45, 2.75) is 32.2 Å². The molecular formula is C23H22N2O2. The van der Waals surface area contributed by atoms with Crippen LogP contribution in [-0.4, -0.2) is 10.5 Å². The largest absolute Gasteiger partial charge is 0.326 e. The number of aryl methyl sites for hydroxylation is 2. The van der Waals surface area contributed by atoms with Gasteiger partial charge in [0.05, 0.1) is 13.0 Å². The molecule has 4 heteroatoms. The van der Waals surface area contributed by atoms with Crippen LogP contribution in [-0.2, 0) is 30.6 Å². The Hall–Kier alpha value is -3.14. The number of fused-ring (bicyclic) bond motifs is 1. The van der Waals surface area contributed by atoms with Crippen molar-refractivity contribution in [1.29, 1.82) is 0 Å². The lowest BCUT2D eigenvalue weighted by atomic mass is 10.0. The van der Waals surface area contributed by atoms with Gasteiger partial charge >= 0.3 is 0 Å². The van der Waals surface area contributed by atoms with Crippen molar-refractivity contribution in [1.82, 2.24) is 4.57 Å². The Morgan fingerprint density at radius 1 is 0.926 bits per heavy atom. The minimum atomic E-state index is -0.0239. The van der Waals surface area contributed by atoms with Crippen molar-refractivity contribution in [2.24, 2.45) is 0 Å². The van der Waals surface area contributed by atoms with Crippen LogP contribution in [0.1, 0.15) is 28.7 Å². The normalized spacial score (nSPS) is 12.6. The van der Waals surface area contributed by atoms with E-state index in [1.165, 1.54) is 17.5 Å². The monoisotopic (exact) mass is 358 g/mol. The summed E-state index contributed by atoms with van der Waals surface area (Å²) in [6.45, 7) is 0.517. The molecule has 0 saturated heterocycles. The average Bonchev–Trinajstić information content (AvgIpc) is 3.13. The van der Waals surface area contributed by atoms with Gasteiger partial charge in [-0.05, 0) is 59.7 Å². The van der Waals surface area contributed by atoms with Crippen molar-refractivity contribution >= 4 is 11.6 Å². The fourth-order valence-corrected chi connectivity index (χ4v) is 3.61. The molecule has 0 spiro atoms. The van der Waals surface area contributed by atoms with E-state index >= 15 is 0 Å². The molecule has 1 aliphatic rings. The third-order valence-corrected chi connectivity index (χ3v) is 5.02. The van der Waals surface area contributed by atoms with E-state index in [0.29, 0.717) is 13.0 Å². The van der Waals surface area contributed by atoms with Crippen LogP contribution < -0.4 is 10.9 Å². The van der Waals surface area contributed by atoms with Crippen LogP contribution in [0.5, 0.6) is 0 Å². The minimum absolute atomic E-state index is 0.0139. The van der Waals surface area contributed by atoms with Crippen molar-refractivity contribution in [2.75, 3.05) is 5.32 Å². The van der Waals surface area contributed by atoms with Gasteiger partial charge in [-0.1, -0.05) is 36.4 Å². The van der Waals surface area contributed by atoms with Gasteiger partial charge in [0, 0.05) is 18.0 Å². The lowest BCUT2D eigenvalue weighted by Gasteiger charge is -2.09. The van der Waals surface area contributed by atoms with Gasteiger partial charge in [0.15, 0.2) is 0 Å². The Morgan fingerprint density at radius 3 is 2.52 bits per heavy atom. The molecule has 0 saturated carbocycles. The third kappa shape index (κ3) is 4.17. The Bertz CT molecular complexity index is 1020. The second kappa shape index (κ2) is 7.62. The van der Waals surface area contributed by atoms with Gasteiger partial charge in [-0.15, -0.1) is 0 Å². The Kier molecular flexibility index (Phi) is 4.88. The van der Waals surface area contributed by atoms with Gasteiger partial charge in [-0.3, -0.25) is 9.59 Å². The van der Waals surface area contributed by atoms with E-state index in [1.54, 1.807) is 22.9 Å². The zero-order valence-corrected chi connectivity index (χ0v) is 15.2. The Balaban J connectivity index is 1.37. The maximum atomic E-state index is 12.3. The first-order chi connectivity index (χ1) is 13.2. The number of amides is 1. The zero-order valence-electron chi connectivity index (χ0n) is 15.2. The fraction of sp³-hybridized carbons (Fsp3) is 0.217. The molecule has 1 N–H and O–H groups in total. The summed E-state index contributed by atoms with van der Waals surface area (Å²) in [5.41, 5.74) is 5.63. The molecule has 4 nitrogen and oxygen atoms in total. The van der Waals surface area contributed by atoms with E-state index in [0.717, 1.165) is 29.7 Å². The van der Waals surface area contributed by atoms with Crippen molar-refractivity contribution in [3.63, 3.8) is 0 Å². The summed E-state index contributed by atoms with van der Waals surface area (Å²) in [5.74, 6) is -0.0139. The van der Waals surface area contributed by atoms with Crippen LogP contribution in [0.2, 0.25) is 0 Å². The number of nitrogens with one attached hydrogen (secondary N) is 1. The van der Waals surface area contributed by atoms with E-state index in [9.17, 15) is 9.59 Å². The first-order valence-electron chi connectivity index (χ1n) is 9.32. The van der Waals surface area contributed by atoms with Gasteiger partial charge in [0.25, 0.3) is 5.56 Å². The number of rotatable bonds is 5. The molecular weight excluding hydrogens is 336 g/mol. The quantitative estimate of drug-likeness (QED) is 0.758. The number of hydrogen-bond acceptors (Lipinski definition) is 2. The molecule has 1 heterocycles. The number of carbonyl (C=O) groups excluding carboxylic acids is 1. The van der Waals surface area contributed by atoms with Gasteiger partial charge in [0.1, 0.15) is 0 Å². The lowest BCUT2D eigenvalue weighted by molar-refractivity contribution is -0.115. The highest BCUT2D eigenvalue weighted by molar-refractivity contribution is 5.92. The standard InChI is InChI=1S/C23H22N2O2/c26-22(15-18-7-10-19-4-3-5-20(19)14-18)24-21-11-8-17(9-12-21)16-25-13-2-1-6-23(25)27/h1-2,6-14H,3-5,15-16H2,(H,24,26). The van der Waals surface area contributed by atoms with Gasteiger partial charge in [-0.25, -0.2) is 0 Å². The average molecular weight is 358 g/mol. The molecule has 0 radical (unpaired) electrons. The van der Waals surface area contributed by atoms with Gasteiger partial charge in [-0.2, -0.15) is 0 Å². The first-order valence-corrected chi connectivity index (χ1v) is 9.32. The predicted molar refractivity (Wildman–Crippen MR) is 107 cm³/mol. The number of carbonyl (C=O) groups is 1. The van der Waals surface area contributed by atoms with Crippen molar-refractivity contribution in [3.05, 3.63) is 99.5 Å². The lowest BCUT2D eigenvalue weighted by Crippen LogP contribution is -2.18. The second-order valence-corrected chi connectivity index (χ2v) is 7.05. The molecule has 1 amide bonds. The topological polar surface area (TPSA) is 51.1 Å². The fourth-order valence-electron chi connectivity index (χ4n) is 3.61. The zero-order chi connectivity index (χ0) is 18.6. The smallest absolute Gasteiger partial charge is 0.250 e. The molecule has 0 atom stereocenters. The molecule has 0 aliphatic heterocycles. The maximum absolute atomic E-state index is 12.3. The predicted octanol–water partition coefficient (Wildman–Crippen LogP) is 3.57. The number of nitrogens with zero attached hydrogens (tertiary/aromatic N) is 1. The maximum Gasteiger partial charge on any atom is 0.250 e. The van der Waals surface area contributed by atoms with E-state index in [-0.39, 0.29) is 11.5 Å². The van der Waals surface area contributed by atoms with Crippen LogP contribution in [0.15, 0.2) is 71.7 Å². The first kappa shape index (κ1) is 17.3. The highest BCUT2D eigenvalue weighted by Gasteiger charge is 2.12. The molecule has 136 valence electrons. The van der Waals surface area contributed by atoms with E-state index < -0.39 is 0 Å². The molecule has 0 fully saturated rings. The van der Waals surface area contributed by atoms with Crippen LogP contribution in [0.3, 0.4) is 0 Å². The molecule has 1 aromatic heterocycles. The van der Waals surface area contributed by atoms with E-state index in [2.05, 4.69) is 23.5 Å². The van der Waals surface area contributed by atoms with E-state index in [4.69, 9.17) is 0 Å². The molecule has 0 bridgehead atoms. The summed E-state index contributed by atoms with van der Waals surface area (Å²) in [6, 6.07) is 19.1. The number of pyridine rings is 1. The number of hydrogen-bond donors (Lipinski definition) is 1. The summed E-state index contributed by atoms with van der Waals surface area (Å²) in [6.07, 6.45) is 5.65. The van der Waals surface area contributed by atoms with Crippen LogP contribution in [0.25, 0.3) is 0 Å². The summed E-state index contributed by atoms with van der Waals surface area (Å²) in [7, 11) is 0. The summed E-state index contributed by atoms with van der Waals surface area (Å²) in [5, 5.41) is 2.95. The Labute approximate surface area is 158 Å². The molecule has 0 unspecified atom stereocenters. The summed E-state index contributed by atoms with van der Waals surface area (Å²) in [4.78, 5) is 24.1. The molecule has 27 heavy (non-hydrogen) atoms. The van der Waals surface area contributed by atoms with Gasteiger partial charge < -0.3 is 9.88 Å². The van der Waals surface area contributed by atoms with Crippen molar-refractivity contribution < 1.29 is 4.79 Å². The van der Waals surface area contributed by atoms with Crippen LogP contribution in [0, 0.1) is 0 Å². The summed E-state index contributed by atoms with van der Waals surface area (Å²) >= 11 is 0. The minimum Gasteiger partial charge on any atom is -0.326 e. The molecule has 2 aromatic carbocycles. The highest BCUT2D eigenvalue weighted by atomic mass is 16.1. The number of anilines is 1. The summed E-state index contributed by atoms with van der Waals surface area (Å²) < 4.78 is 1.65. The number of aromatic nitrogens is 1. The second-order valence-electron chi connectivity index (χ2n) is 7.05. The molecule has 1 aliphatic carbocycles. The number of benzene rings is 2. The molecule has 4 rings (SSSR count). The van der Waals surface area contributed by atoms with Crippen LogP contribution in [0.4, 0.5) is 5.69 Å². The van der Waals surface area contributed by atoms with Gasteiger partial charge in [0.2, 0.25) is 5.91 Å². The highest BCUT2D eigenvalue weighted by Crippen LogP contribution is 2.23.